The zero-order chi connectivity index (χ0) is 9.90. The predicted molar refractivity (Wildman–Crippen MR) is 44.3 cm³/mol. The molecule has 1 radical (unpaired) electrons. The van der Waals surface area contributed by atoms with E-state index in [-0.39, 0.29) is 0 Å². The Kier molecular flexibility index (Phi) is 2.96. The molecule has 13 heavy (non-hydrogen) atoms. The molecule has 0 spiro atoms. The van der Waals surface area contributed by atoms with E-state index in [1.807, 2.05) is 6.92 Å². The van der Waals surface area contributed by atoms with E-state index >= 15 is 0 Å². The van der Waals surface area contributed by atoms with Gasteiger partial charge >= 0.3 is 6.18 Å². The lowest BCUT2D eigenvalue weighted by molar-refractivity contribution is -0.137. The molecule has 1 aromatic carbocycles. The van der Waals surface area contributed by atoms with Gasteiger partial charge in [-0.25, -0.2) is 0 Å². The maximum atomic E-state index is 12.1. The standard InChI is InChI=1S/C10H10F3/c1-2-3-8-4-6-9(7-5-8)10(11,12)13/h4,6-7H,2-3H2,1H3. The summed E-state index contributed by atoms with van der Waals surface area (Å²) in [6, 6.07) is 6.21. The normalized spacial score (nSPS) is 11.7. The summed E-state index contributed by atoms with van der Waals surface area (Å²) in [5.41, 5.74) is 0.197. The van der Waals surface area contributed by atoms with Crippen molar-refractivity contribution in [2.24, 2.45) is 0 Å². The highest BCUT2D eigenvalue weighted by Gasteiger charge is 2.29. The summed E-state index contributed by atoms with van der Waals surface area (Å²) in [6.45, 7) is 1.98. The summed E-state index contributed by atoms with van der Waals surface area (Å²) in [5, 5.41) is 0. The van der Waals surface area contributed by atoms with Gasteiger partial charge in [0.2, 0.25) is 0 Å². The quantitative estimate of drug-likeness (QED) is 0.665. The van der Waals surface area contributed by atoms with Crippen molar-refractivity contribution in [3.05, 3.63) is 35.4 Å². The molecule has 0 fully saturated rings. The topological polar surface area (TPSA) is 0 Å². The second-order valence-electron chi connectivity index (χ2n) is 2.85. The third-order valence-corrected chi connectivity index (χ3v) is 1.72. The number of halogens is 3. The van der Waals surface area contributed by atoms with Crippen LogP contribution in [0, 0.1) is 6.07 Å². The highest BCUT2D eigenvalue weighted by molar-refractivity contribution is 5.23. The van der Waals surface area contributed by atoms with Crippen LogP contribution in [0.3, 0.4) is 0 Å². The molecule has 1 rings (SSSR count). The summed E-state index contributed by atoms with van der Waals surface area (Å²) in [6.07, 6.45) is -2.55. The Labute approximate surface area is 75.4 Å². The maximum absolute atomic E-state index is 12.1. The first kappa shape index (κ1) is 10.1. The van der Waals surface area contributed by atoms with Crippen LogP contribution >= 0.6 is 0 Å². The molecule has 0 aliphatic heterocycles. The van der Waals surface area contributed by atoms with Crippen molar-refractivity contribution < 1.29 is 13.2 Å². The molecule has 0 aliphatic rings. The Balaban J connectivity index is 2.81. The molecule has 0 aliphatic carbocycles. The molecule has 0 heterocycles. The summed E-state index contributed by atoms with van der Waals surface area (Å²) in [7, 11) is 0. The molecule has 0 unspecified atom stereocenters. The van der Waals surface area contributed by atoms with E-state index in [1.165, 1.54) is 6.07 Å². The van der Waals surface area contributed by atoms with Crippen molar-refractivity contribution in [3.8, 4) is 0 Å². The number of benzene rings is 1. The van der Waals surface area contributed by atoms with Gasteiger partial charge in [0.15, 0.2) is 0 Å². The van der Waals surface area contributed by atoms with Gasteiger partial charge in [-0.3, -0.25) is 0 Å². The summed E-state index contributed by atoms with van der Waals surface area (Å²) < 4.78 is 36.3. The Morgan fingerprint density at radius 2 is 2.00 bits per heavy atom. The fourth-order valence-corrected chi connectivity index (χ4v) is 1.06. The second-order valence-corrected chi connectivity index (χ2v) is 2.85. The van der Waals surface area contributed by atoms with Gasteiger partial charge in [0, 0.05) is 0 Å². The highest BCUT2D eigenvalue weighted by Crippen LogP contribution is 2.28. The smallest absolute Gasteiger partial charge is 0.166 e. The molecule has 0 saturated carbocycles. The van der Waals surface area contributed by atoms with E-state index in [9.17, 15) is 13.2 Å². The fraction of sp³-hybridized carbons (Fsp3) is 0.400. The minimum atomic E-state index is -4.25. The van der Waals surface area contributed by atoms with E-state index in [4.69, 9.17) is 0 Å². The Morgan fingerprint density at radius 3 is 2.38 bits per heavy atom. The van der Waals surface area contributed by atoms with Crippen LogP contribution < -0.4 is 0 Å². The molecule has 0 aromatic heterocycles. The van der Waals surface area contributed by atoms with Gasteiger partial charge in [-0.15, -0.1) is 0 Å². The van der Waals surface area contributed by atoms with Crippen LogP contribution in [0.4, 0.5) is 13.2 Å². The minimum absolute atomic E-state index is 0.632. The lowest BCUT2D eigenvalue weighted by atomic mass is 10.1. The Hall–Kier alpha value is -0.990. The molecular formula is C10H10F3. The molecule has 0 saturated heterocycles. The first-order valence-electron chi connectivity index (χ1n) is 4.12. The molecule has 0 atom stereocenters. The zero-order valence-electron chi connectivity index (χ0n) is 7.28. The van der Waals surface area contributed by atoms with Gasteiger partial charge in [-0.1, -0.05) is 19.4 Å². The average Bonchev–Trinajstić information content (AvgIpc) is 2.04. The third kappa shape index (κ3) is 2.76. The molecule has 0 amide bonds. The molecule has 0 bridgehead atoms. The Morgan fingerprint density at radius 1 is 1.31 bits per heavy atom. The molecular weight excluding hydrogens is 177 g/mol. The summed E-state index contributed by atoms with van der Waals surface area (Å²) in [4.78, 5) is 0. The monoisotopic (exact) mass is 187 g/mol. The van der Waals surface area contributed by atoms with Crippen molar-refractivity contribution >= 4 is 0 Å². The van der Waals surface area contributed by atoms with E-state index in [0.29, 0.717) is 0 Å². The first-order valence-corrected chi connectivity index (χ1v) is 4.12. The predicted octanol–water partition coefficient (Wildman–Crippen LogP) is 3.46. The molecule has 3 heteroatoms. The van der Waals surface area contributed by atoms with Gasteiger partial charge in [0.05, 0.1) is 5.56 Å². The van der Waals surface area contributed by atoms with Gasteiger partial charge in [-0.05, 0) is 30.2 Å². The summed E-state index contributed by atoms with van der Waals surface area (Å²) >= 11 is 0. The number of hydrogen-bond donors (Lipinski definition) is 0. The second kappa shape index (κ2) is 3.81. The largest absolute Gasteiger partial charge is 0.416 e. The van der Waals surface area contributed by atoms with Crippen LogP contribution in [-0.4, -0.2) is 0 Å². The van der Waals surface area contributed by atoms with Crippen LogP contribution in [0.1, 0.15) is 24.5 Å². The molecule has 71 valence electrons. The maximum Gasteiger partial charge on any atom is 0.416 e. The van der Waals surface area contributed by atoms with Crippen LogP contribution in [0.5, 0.6) is 0 Å². The number of alkyl halides is 3. The lowest BCUT2D eigenvalue weighted by Gasteiger charge is -2.06. The zero-order valence-corrected chi connectivity index (χ0v) is 7.28. The van der Waals surface area contributed by atoms with Crippen molar-refractivity contribution in [2.45, 2.75) is 25.9 Å². The van der Waals surface area contributed by atoms with Crippen molar-refractivity contribution in [1.82, 2.24) is 0 Å². The van der Waals surface area contributed by atoms with Gasteiger partial charge in [0.1, 0.15) is 0 Å². The molecule has 0 N–H and O–H groups in total. The van der Waals surface area contributed by atoms with Crippen molar-refractivity contribution in [2.75, 3.05) is 0 Å². The summed E-state index contributed by atoms with van der Waals surface area (Å²) in [5.74, 6) is 0. The number of rotatable bonds is 2. The van der Waals surface area contributed by atoms with E-state index in [1.54, 1.807) is 0 Å². The van der Waals surface area contributed by atoms with Gasteiger partial charge < -0.3 is 0 Å². The van der Waals surface area contributed by atoms with Crippen LogP contribution in [0.15, 0.2) is 18.2 Å². The minimum Gasteiger partial charge on any atom is -0.166 e. The first-order chi connectivity index (χ1) is 6.04. The van der Waals surface area contributed by atoms with Crippen LogP contribution in [-0.2, 0) is 12.6 Å². The van der Waals surface area contributed by atoms with Crippen molar-refractivity contribution in [1.29, 1.82) is 0 Å². The van der Waals surface area contributed by atoms with Crippen LogP contribution in [0.25, 0.3) is 0 Å². The highest BCUT2D eigenvalue weighted by atomic mass is 19.4. The fourth-order valence-electron chi connectivity index (χ4n) is 1.06. The average molecular weight is 187 g/mol. The third-order valence-electron chi connectivity index (χ3n) is 1.72. The Bertz CT molecular complexity index is 258. The van der Waals surface area contributed by atoms with Crippen LogP contribution in [0.2, 0.25) is 0 Å². The van der Waals surface area contributed by atoms with Crippen molar-refractivity contribution in [3.63, 3.8) is 0 Å². The number of aryl methyl sites for hydroxylation is 1. The van der Waals surface area contributed by atoms with E-state index in [0.717, 1.165) is 30.5 Å². The van der Waals surface area contributed by atoms with Gasteiger partial charge in [0.25, 0.3) is 0 Å². The lowest BCUT2D eigenvalue weighted by Crippen LogP contribution is -2.04. The van der Waals surface area contributed by atoms with Gasteiger partial charge in [-0.2, -0.15) is 13.2 Å². The molecule has 0 nitrogen and oxygen atoms in total. The SMILES string of the molecule is CCCc1[c]cc(C(F)(F)F)cc1. The van der Waals surface area contributed by atoms with E-state index in [2.05, 4.69) is 6.07 Å². The molecule has 1 aromatic rings. The van der Waals surface area contributed by atoms with E-state index < -0.39 is 11.7 Å². The number of hydrogen-bond acceptors (Lipinski definition) is 0.